The molecule has 0 aliphatic heterocycles. The van der Waals surface area contributed by atoms with Crippen molar-refractivity contribution >= 4 is 17.3 Å². The molecule has 0 N–H and O–H groups in total. The molecule has 0 aliphatic rings. The van der Waals surface area contributed by atoms with E-state index in [-0.39, 0.29) is 5.41 Å². The summed E-state index contributed by atoms with van der Waals surface area (Å²) in [6.45, 7) is 7.24. The molecule has 2 heterocycles. The van der Waals surface area contributed by atoms with Crippen LogP contribution in [0.4, 0.5) is 0 Å². The first-order valence-corrected chi connectivity index (χ1v) is 5.41. The molecule has 0 bridgehead atoms. The first-order chi connectivity index (χ1) is 7.51. The smallest absolute Gasteiger partial charge is 0.166 e. The summed E-state index contributed by atoms with van der Waals surface area (Å²) in [5.74, 6) is 0. The lowest BCUT2D eigenvalue weighted by molar-refractivity contribution is 0.111. The highest BCUT2D eigenvalue weighted by Crippen LogP contribution is 2.23. The van der Waals surface area contributed by atoms with Gasteiger partial charge in [0.1, 0.15) is 5.65 Å². The molecule has 2 rings (SSSR count). The van der Waals surface area contributed by atoms with E-state index in [1.54, 1.807) is 6.20 Å². The predicted octanol–water partition coefficient (Wildman–Crippen LogP) is 2.89. The van der Waals surface area contributed by atoms with E-state index in [9.17, 15) is 4.79 Å². The van der Waals surface area contributed by atoms with Gasteiger partial charge in [-0.25, -0.2) is 4.98 Å². The van der Waals surface area contributed by atoms with E-state index in [0.717, 1.165) is 23.9 Å². The van der Waals surface area contributed by atoms with Crippen molar-refractivity contribution in [3.8, 4) is 0 Å². The number of carbonyl (C=O) groups is 1. The largest absolute Gasteiger partial charge is 0.323 e. The molecule has 0 saturated carbocycles. The molecule has 0 spiro atoms. The fraction of sp³-hybridized carbons (Fsp3) is 0.385. The Kier molecular flexibility index (Phi) is 2.54. The van der Waals surface area contributed by atoms with Gasteiger partial charge >= 0.3 is 0 Å². The molecular formula is C13H16N2O. The number of rotatable bonds is 2. The van der Waals surface area contributed by atoms with Gasteiger partial charge in [-0.15, -0.1) is 0 Å². The molecule has 0 fully saturated rings. The van der Waals surface area contributed by atoms with Crippen molar-refractivity contribution in [2.24, 2.45) is 5.41 Å². The van der Waals surface area contributed by atoms with Gasteiger partial charge in [0, 0.05) is 18.1 Å². The Hall–Kier alpha value is -1.64. The molecule has 0 amide bonds. The van der Waals surface area contributed by atoms with E-state index in [4.69, 9.17) is 0 Å². The van der Waals surface area contributed by atoms with Crippen LogP contribution < -0.4 is 0 Å². The first-order valence-electron chi connectivity index (χ1n) is 5.41. The molecule has 0 unspecified atom stereocenters. The molecule has 0 atom stereocenters. The van der Waals surface area contributed by atoms with Crippen molar-refractivity contribution in [1.82, 2.24) is 9.55 Å². The molecule has 2 aromatic heterocycles. The summed E-state index contributed by atoms with van der Waals surface area (Å²) in [5, 5.41) is 1.02. The Bertz CT molecular complexity index is 520. The first kappa shape index (κ1) is 10.9. The quantitative estimate of drug-likeness (QED) is 0.723. The number of fused-ring (bicyclic) bond motifs is 1. The zero-order chi connectivity index (χ0) is 11.8. The van der Waals surface area contributed by atoms with Gasteiger partial charge in [0.2, 0.25) is 0 Å². The second-order valence-electron chi connectivity index (χ2n) is 5.25. The van der Waals surface area contributed by atoms with Crippen LogP contribution in [0.15, 0.2) is 24.4 Å². The average molecular weight is 216 g/mol. The van der Waals surface area contributed by atoms with Crippen molar-refractivity contribution in [2.45, 2.75) is 27.3 Å². The van der Waals surface area contributed by atoms with Gasteiger partial charge in [-0.2, -0.15) is 0 Å². The SMILES string of the molecule is CC(C)(C)Cn1c(C=O)cc2cccnc21. The van der Waals surface area contributed by atoms with Gasteiger partial charge < -0.3 is 4.57 Å². The van der Waals surface area contributed by atoms with Crippen molar-refractivity contribution in [2.75, 3.05) is 0 Å². The summed E-state index contributed by atoms with van der Waals surface area (Å²) >= 11 is 0. The van der Waals surface area contributed by atoms with Gasteiger partial charge in [0.15, 0.2) is 6.29 Å². The summed E-state index contributed by atoms with van der Waals surface area (Å²) in [5.41, 5.74) is 1.71. The van der Waals surface area contributed by atoms with Gasteiger partial charge in [-0.05, 0) is 23.6 Å². The Labute approximate surface area is 95.1 Å². The Morgan fingerprint density at radius 3 is 2.81 bits per heavy atom. The van der Waals surface area contributed by atoms with Crippen molar-refractivity contribution in [3.63, 3.8) is 0 Å². The van der Waals surface area contributed by atoms with E-state index in [1.807, 2.05) is 22.8 Å². The van der Waals surface area contributed by atoms with Crippen molar-refractivity contribution < 1.29 is 4.79 Å². The fourth-order valence-electron chi connectivity index (χ4n) is 1.85. The molecule has 2 aromatic rings. The molecule has 3 heteroatoms. The van der Waals surface area contributed by atoms with Crippen LogP contribution in [0.3, 0.4) is 0 Å². The van der Waals surface area contributed by atoms with Gasteiger partial charge in [-0.3, -0.25) is 4.79 Å². The van der Waals surface area contributed by atoms with Gasteiger partial charge in [0.05, 0.1) is 5.69 Å². The molecular weight excluding hydrogens is 200 g/mol. The number of aldehydes is 1. The second kappa shape index (κ2) is 3.74. The summed E-state index contributed by atoms with van der Waals surface area (Å²) < 4.78 is 1.99. The minimum atomic E-state index is 0.126. The molecule has 3 nitrogen and oxygen atoms in total. The van der Waals surface area contributed by atoms with Crippen molar-refractivity contribution in [3.05, 3.63) is 30.1 Å². The summed E-state index contributed by atoms with van der Waals surface area (Å²) in [7, 11) is 0. The van der Waals surface area contributed by atoms with Crippen LogP contribution in [0.5, 0.6) is 0 Å². The summed E-state index contributed by atoms with van der Waals surface area (Å²) in [4.78, 5) is 15.4. The van der Waals surface area contributed by atoms with Gasteiger partial charge in [0.25, 0.3) is 0 Å². The lowest BCUT2D eigenvalue weighted by Crippen LogP contribution is -2.17. The van der Waals surface area contributed by atoms with E-state index in [0.29, 0.717) is 5.69 Å². The lowest BCUT2D eigenvalue weighted by atomic mass is 9.97. The number of nitrogens with zero attached hydrogens (tertiary/aromatic N) is 2. The highest BCUT2D eigenvalue weighted by Gasteiger charge is 2.16. The molecule has 84 valence electrons. The molecule has 0 aromatic carbocycles. The fourth-order valence-corrected chi connectivity index (χ4v) is 1.85. The van der Waals surface area contributed by atoms with Crippen LogP contribution in [0.25, 0.3) is 11.0 Å². The number of pyridine rings is 1. The molecule has 0 saturated heterocycles. The third kappa shape index (κ3) is 1.98. The second-order valence-corrected chi connectivity index (χ2v) is 5.25. The monoisotopic (exact) mass is 216 g/mol. The van der Waals surface area contributed by atoms with E-state index >= 15 is 0 Å². The number of hydrogen-bond donors (Lipinski definition) is 0. The van der Waals surface area contributed by atoms with E-state index < -0.39 is 0 Å². The summed E-state index contributed by atoms with van der Waals surface area (Å²) in [6.07, 6.45) is 2.66. The Morgan fingerprint density at radius 2 is 2.19 bits per heavy atom. The number of carbonyl (C=O) groups excluding carboxylic acids is 1. The zero-order valence-electron chi connectivity index (χ0n) is 9.90. The number of aromatic nitrogens is 2. The minimum absolute atomic E-state index is 0.126. The van der Waals surface area contributed by atoms with Gasteiger partial charge in [-0.1, -0.05) is 20.8 Å². The van der Waals surface area contributed by atoms with Crippen LogP contribution in [0.1, 0.15) is 31.3 Å². The Balaban J connectivity index is 2.60. The van der Waals surface area contributed by atoms with Crippen LogP contribution in [0, 0.1) is 5.41 Å². The van der Waals surface area contributed by atoms with Crippen molar-refractivity contribution in [1.29, 1.82) is 0 Å². The lowest BCUT2D eigenvalue weighted by Gasteiger charge is -2.20. The van der Waals surface area contributed by atoms with E-state index in [1.165, 1.54) is 0 Å². The minimum Gasteiger partial charge on any atom is -0.323 e. The van der Waals surface area contributed by atoms with Crippen LogP contribution in [-0.2, 0) is 6.54 Å². The normalized spacial score (nSPS) is 11.9. The maximum absolute atomic E-state index is 11.0. The third-order valence-corrected chi connectivity index (χ3v) is 2.44. The molecule has 0 radical (unpaired) electrons. The Morgan fingerprint density at radius 1 is 1.44 bits per heavy atom. The maximum atomic E-state index is 11.0. The third-order valence-electron chi connectivity index (χ3n) is 2.44. The maximum Gasteiger partial charge on any atom is 0.166 e. The topological polar surface area (TPSA) is 34.9 Å². The van der Waals surface area contributed by atoms with Crippen LogP contribution >= 0.6 is 0 Å². The van der Waals surface area contributed by atoms with Crippen LogP contribution in [-0.4, -0.2) is 15.8 Å². The highest BCUT2D eigenvalue weighted by atomic mass is 16.1. The zero-order valence-corrected chi connectivity index (χ0v) is 9.90. The average Bonchev–Trinajstić information content (AvgIpc) is 2.55. The molecule has 16 heavy (non-hydrogen) atoms. The number of hydrogen-bond acceptors (Lipinski definition) is 2. The standard InChI is InChI=1S/C13H16N2O/c1-13(2,3)9-15-11(8-16)7-10-5-4-6-14-12(10)15/h4-8H,9H2,1-3H3. The molecule has 0 aliphatic carbocycles. The van der Waals surface area contributed by atoms with E-state index in [2.05, 4.69) is 25.8 Å². The highest BCUT2D eigenvalue weighted by molar-refractivity contribution is 5.86. The summed E-state index contributed by atoms with van der Waals surface area (Å²) in [6, 6.07) is 5.76. The van der Waals surface area contributed by atoms with Crippen LogP contribution in [0.2, 0.25) is 0 Å². The predicted molar refractivity (Wildman–Crippen MR) is 64.6 cm³/mol.